The van der Waals surface area contributed by atoms with Crippen molar-refractivity contribution in [2.75, 3.05) is 5.75 Å². The Morgan fingerprint density at radius 1 is 1.23 bits per heavy atom. The van der Waals surface area contributed by atoms with E-state index in [0.29, 0.717) is 12.4 Å². The molecule has 0 amide bonds. The molecular weight excluding hydrogens is 416 g/mol. The summed E-state index contributed by atoms with van der Waals surface area (Å²) >= 11 is 3.31. The van der Waals surface area contributed by atoms with Crippen LogP contribution in [0.1, 0.15) is 43.2 Å². The van der Waals surface area contributed by atoms with Gasteiger partial charge in [0.15, 0.2) is 5.16 Å². The van der Waals surface area contributed by atoms with Crippen molar-refractivity contribution in [3.8, 4) is 5.69 Å². The average Bonchev–Trinajstić information content (AvgIpc) is 3.28. The molecule has 0 saturated heterocycles. The van der Waals surface area contributed by atoms with Crippen molar-refractivity contribution in [2.24, 2.45) is 0 Å². The number of thiophene rings is 1. The summed E-state index contributed by atoms with van der Waals surface area (Å²) in [5.74, 6) is 1.52. The predicted molar refractivity (Wildman–Crippen MR) is 122 cm³/mol. The third-order valence-electron chi connectivity index (χ3n) is 5.43. The van der Waals surface area contributed by atoms with Crippen LogP contribution in [0.3, 0.4) is 0 Å². The average molecular weight is 441 g/mol. The summed E-state index contributed by atoms with van der Waals surface area (Å²) in [7, 11) is 0. The largest absolute Gasteiger partial charge is 0.370 e. The van der Waals surface area contributed by atoms with Gasteiger partial charge >= 0.3 is 0 Å². The first-order valence-electron chi connectivity index (χ1n) is 10.2. The van der Waals surface area contributed by atoms with Crippen molar-refractivity contribution in [1.29, 1.82) is 0 Å². The number of aromatic nitrogens is 4. The standard InChI is InChI=1S/C22H24N4O2S2/c1-5-10-29-21-24-23-20-25(14-8-6-13(2)7-9-14)18(27)17-15-11-22(3,4)28-12-16(15)30-19(17)26(20)21/h6-9H,5,10-12H2,1-4H3. The summed E-state index contributed by atoms with van der Waals surface area (Å²) in [6.45, 7) is 8.89. The Labute approximate surface area is 182 Å². The Kier molecular flexibility index (Phi) is 4.76. The molecule has 8 heteroatoms. The van der Waals surface area contributed by atoms with Crippen LogP contribution in [0.4, 0.5) is 0 Å². The van der Waals surface area contributed by atoms with Gasteiger partial charge in [-0.15, -0.1) is 21.5 Å². The van der Waals surface area contributed by atoms with Crippen LogP contribution in [0.2, 0.25) is 0 Å². The highest BCUT2D eigenvalue weighted by atomic mass is 32.2. The van der Waals surface area contributed by atoms with Gasteiger partial charge in [0.25, 0.3) is 5.56 Å². The number of aryl methyl sites for hydroxylation is 1. The Hall–Kier alpha value is -2.16. The van der Waals surface area contributed by atoms with Crippen molar-refractivity contribution >= 4 is 39.1 Å². The molecule has 0 saturated carbocycles. The Balaban J connectivity index is 1.89. The highest BCUT2D eigenvalue weighted by molar-refractivity contribution is 7.99. The summed E-state index contributed by atoms with van der Waals surface area (Å²) in [5.41, 5.74) is 2.75. The Morgan fingerprint density at radius 2 is 2.00 bits per heavy atom. The van der Waals surface area contributed by atoms with Crippen LogP contribution >= 0.6 is 23.1 Å². The molecule has 1 aliphatic rings. The zero-order valence-corrected chi connectivity index (χ0v) is 19.2. The molecular formula is C22H24N4O2S2. The van der Waals surface area contributed by atoms with Crippen LogP contribution in [0, 0.1) is 6.92 Å². The molecule has 0 atom stereocenters. The fraction of sp³-hybridized carbons (Fsp3) is 0.409. The molecule has 0 fully saturated rings. The van der Waals surface area contributed by atoms with Crippen LogP contribution in [-0.4, -0.2) is 30.5 Å². The highest BCUT2D eigenvalue weighted by Gasteiger charge is 2.32. The molecule has 4 heterocycles. The number of nitrogens with zero attached hydrogens (tertiary/aromatic N) is 4. The maximum absolute atomic E-state index is 13.8. The van der Waals surface area contributed by atoms with Crippen LogP contribution in [0.25, 0.3) is 21.7 Å². The molecule has 1 aliphatic heterocycles. The van der Waals surface area contributed by atoms with Crippen LogP contribution in [0.5, 0.6) is 0 Å². The predicted octanol–water partition coefficient (Wildman–Crippen LogP) is 4.76. The molecule has 0 bridgehead atoms. The van der Waals surface area contributed by atoms with E-state index in [4.69, 9.17) is 4.74 Å². The zero-order valence-electron chi connectivity index (χ0n) is 17.6. The number of hydrogen-bond donors (Lipinski definition) is 0. The molecule has 4 aromatic rings. The first-order chi connectivity index (χ1) is 14.4. The Morgan fingerprint density at radius 3 is 2.73 bits per heavy atom. The number of ether oxygens (including phenoxy) is 1. The van der Waals surface area contributed by atoms with Gasteiger partial charge in [-0.25, -0.2) is 8.97 Å². The van der Waals surface area contributed by atoms with Gasteiger partial charge in [-0.3, -0.25) is 4.79 Å². The quantitative estimate of drug-likeness (QED) is 0.428. The summed E-state index contributed by atoms with van der Waals surface area (Å²) in [6.07, 6.45) is 1.76. The Bertz CT molecular complexity index is 1320. The van der Waals surface area contributed by atoms with Gasteiger partial charge in [0.05, 0.1) is 23.3 Å². The van der Waals surface area contributed by atoms with Gasteiger partial charge in [-0.05, 0) is 44.9 Å². The number of thioether (sulfide) groups is 1. The highest BCUT2D eigenvalue weighted by Crippen LogP contribution is 2.39. The fourth-order valence-electron chi connectivity index (χ4n) is 3.92. The lowest BCUT2D eigenvalue weighted by atomic mass is 9.94. The minimum Gasteiger partial charge on any atom is -0.370 e. The molecule has 0 spiro atoms. The number of fused-ring (bicyclic) bond motifs is 5. The van der Waals surface area contributed by atoms with Crippen molar-refractivity contribution in [3.63, 3.8) is 0 Å². The SMILES string of the molecule is CCCSc1nnc2n(-c3ccc(C)cc3)c(=O)c3c4c(sc3n12)COC(C)(C)C4. The summed E-state index contributed by atoms with van der Waals surface area (Å²) in [5, 5.41) is 10.5. The normalized spacial score (nSPS) is 15.7. The van der Waals surface area contributed by atoms with E-state index >= 15 is 0 Å². The first kappa shape index (κ1) is 19.8. The second kappa shape index (κ2) is 7.21. The van der Waals surface area contributed by atoms with Crippen molar-refractivity contribution in [3.05, 3.63) is 50.6 Å². The lowest BCUT2D eigenvalue weighted by Crippen LogP contribution is -2.32. The molecule has 5 rings (SSSR count). The van der Waals surface area contributed by atoms with E-state index < -0.39 is 0 Å². The fourth-order valence-corrected chi connectivity index (χ4v) is 5.98. The van der Waals surface area contributed by atoms with E-state index in [1.807, 2.05) is 31.2 Å². The van der Waals surface area contributed by atoms with Crippen LogP contribution in [-0.2, 0) is 17.8 Å². The van der Waals surface area contributed by atoms with E-state index in [0.717, 1.165) is 55.7 Å². The number of hydrogen-bond acceptors (Lipinski definition) is 6. The van der Waals surface area contributed by atoms with Gasteiger partial charge in [-0.1, -0.05) is 36.4 Å². The first-order valence-corrected chi connectivity index (χ1v) is 12.0. The second-order valence-electron chi connectivity index (χ2n) is 8.35. The molecule has 3 aromatic heterocycles. The van der Waals surface area contributed by atoms with E-state index in [9.17, 15) is 4.79 Å². The number of benzene rings is 1. The maximum Gasteiger partial charge on any atom is 0.268 e. The second-order valence-corrected chi connectivity index (χ2v) is 10.5. The minimum absolute atomic E-state index is 0.0315. The molecule has 1 aromatic carbocycles. The smallest absolute Gasteiger partial charge is 0.268 e. The topological polar surface area (TPSA) is 61.4 Å². The van der Waals surface area contributed by atoms with Crippen molar-refractivity contribution in [2.45, 2.75) is 57.9 Å². The summed E-state index contributed by atoms with van der Waals surface area (Å²) in [4.78, 5) is 15.9. The number of rotatable bonds is 4. The van der Waals surface area contributed by atoms with E-state index in [1.165, 1.54) is 0 Å². The van der Waals surface area contributed by atoms with Gasteiger partial charge in [0.2, 0.25) is 5.78 Å². The van der Waals surface area contributed by atoms with E-state index in [1.54, 1.807) is 27.7 Å². The van der Waals surface area contributed by atoms with Crippen molar-refractivity contribution < 1.29 is 4.74 Å². The van der Waals surface area contributed by atoms with Crippen molar-refractivity contribution in [1.82, 2.24) is 19.2 Å². The monoisotopic (exact) mass is 440 g/mol. The summed E-state index contributed by atoms with van der Waals surface area (Å²) < 4.78 is 9.80. The molecule has 156 valence electrons. The third kappa shape index (κ3) is 3.09. The van der Waals surface area contributed by atoms with E-state index in [-0.39, 0.29) is 11.2 Å². The zero-order chi connectivity index (χ0) is 21.0. The van der Waals surface area contributed by atoms with Gasteiger partial charge in [0.1, 0.15) is 4.83 Å². The third-order valence-corrected chi connectivity index (χ3v) is 7.76. The molecule has 0 radical (unpaired) electrons. The maximum atomic E-state index is 13.8. The molecule has 0 N–H and O–H groups in total. The van der Waals surface area contributed by atoms with E-state index in [2.05, 4.69) is 35.4 Å². The van der Waals surface area contributed by atoms with Gasteiger partial charge < -0.3 is 4.74 Å². The van der Waals surface area contributed by atoms with Gasteiger partial charge in [0, 0.05) is 17.1 Å². The molecule has 30 heavy (non-hydrogen) atoms. The molecule has 0 unspecified atom stereocenters. The molecule has 6 nitrogen and oxygen atoms in total. The molecule has 0 aliphatic carbocycles. The lowest BCUT2D eigenvalue weighted by Gasteiger charge is -2.29. The lowest BCUT2D eigenvalue weighted by molar-refractivity contribution is -0.0379. The minimum atomic E-state index is -0.288. The summed E-state index contributed by atoms with van der Waals surface area (Å²) in [6, 6.07) is 7.99. The van der Waals surface area contributed by atoms with Crippen LogP contribution < -0.4 is 5.56 Å². The van der Waals surface area contributed by atoms with Crippen LogP contribution in [0.15, 0.2) is 34.2 Å². The van der Waals surface area contributed by atoms with Gasteiger partial charge in [-0.2, -0.15) is 0 Å².